The Labute approximate surface area is 162 Å². The third-order valence-electron chi connectivity index (χ3n) is 3.98. The second-order valence-electron chi connectivity index (χ2n) is 6.25. The van der Waals surface area contributed by atoms with Gasteiger partial charge in [0, 0.05) is 6.54 Å². The Kier molecular flexibility index (Phi) is 7.43. The molecule has 2 rings (SSSR count). The Balaban J connectivity index is 1.98. The lowest BCUT2D eigenvalue weighted by atomic mass is 10.1. The molecule has 150 valence electrons. The van der Waals surface area contributed by atoms with Gasteiger partial charge in [-0.25, -0.2) is 18.2 Å². The number of hydrogen-bond acceptors (Lipinski definition) is 2. The van der Waals surface area contributed by atoms with E-state index in [1.165, 1.54) is 0 Å². The van der Waals surface area contributed by atoms with E-state index in [9.17, 15) is 18.0 Å². The smallest absolute Gasteiger partial charge is 0.243 e. The van der Waals surface area contributed by atoms with Gasteiger partial charge in [0.1, 0.15) is 0 Å². The molecule has 0 radical (unpaired) electrons. The van der Waals surface area contributed by atoms with Crippen LogP contribution < -0.4 is 16.0 Å². The summed E-state index contributed by atoms with van der Waals surface area (Å²) in [5.41, 5.74) is 2.90. The summed E-state index contributed by atoms with van der Waals surface area (Å²) in [4.78, 5) is 16.4. The van der Waals surface area contributed by atoms with Crippen LogP contribution in [-0.4, -0.2) is 25.0 Å². The molecule has 5 nitrogen and oxygen atoms in total. The number of halogens is 3. The normalized spacial score (nSPS) is 11.3. The van der Waals surface area contributed by atoms with Crippen molar-refractivity contribution in [3.8, 4) is 0 Å². The molecule has 1 amide bonds. The van der Waals surface area contributed by atoms with Crippen LogP contribution >= 0.6 is 0 Å². The minimum atomic E-state index is -1.63. The van der Waals surface area contributed by atoms with Gasteiger partial charge in [-0.15, -0.1) is 0 Å². The monoisotopic (exact) mass is 392 g/mol. The molecule has 0 saturated carbocycles. The van der Waals surface area contributed by atoms with Gasteiger partial charge in [0.2, 0.25) is 5.91 Å². The minimum absolute atomic E-state index is 0.225. The van der Waals surface area contributed by atoms with Crippen LogP contribution in [0.15, 0.2) is 35.3 Å². The number of rotatable bonds is 6. The zero-order valence-electron chi connectivity index (χ0n) is 16.0. The summed E-state index contributed by atoms with van der Waals surface area (Å²) in [5, 5.41) is 8.03. The van der Waals surface area contributed by atoms with Crippen LogP contribution in [0.4, 0.5) is 18.9 Å². The maximum Gasteiger partial charge on any atom is 0.243 e. The molecule has 0 fully saturated rings. The largest absolute Gasteiger partial charge is 0.357 e. The first-order chi connectivity index (χ1) is 13.3. The molecule has 0 heterocycles. The summed E-state index contributed by atoms with van der Waals surface area (Å²) < 4.78 is 39.8. The maximum absolute atomic E-state index is 13.6. The van der Waals surface area contributed by atoms with Gasteiger partial charge in [-0.1, -0.05) is 23.8 Å². The second-order valence-corrected chi connectivity index (χ2v) is 6.25. The lowest BCUT2D eigenvalue weighted by Crippen LogP contribution is -2.41. The average Bonchev–Trinajstić information content (AvgIpc) is 2.65. The Morgan fingerprint density at radius 1 is 1.04 bits per heavy atom. The molecule has 8 heteroatoms. The van der Waals surface area contributed by atoms with Crippen molar-refractivity contribution in [1.29, 1.82) is 0 Å². The number of anilines is 1. The average molecular weight is 392 g/mol. The summed E-state index contributed by atoms with van der Waals surface area (Å²) >= 11 is 0. The van der Waals surface area contributed by atoms with Crippen molar-refractivity contribution in [3.63, 3.8) is 0 Å². The SMILES string of the molecule is CCNC(=NCc1ccc(C)cc1C)NCC(=O)Nc1ccc(F)c(F)c1F. The topological polar surface area (TPSA) is 65.5 Å². The Bertz CT molecular complexity index is 884. The maximum atomic E-state index is 13.6. The third-order valence-corrected chi connectivity index (χ3v) is 3.98. The molecule has 0 unspecified atom stereocenters. The predicted octanol–water partition coefficient (Wildman–Crippen LogP) is 3.41. The number of guanidine groups is 1. The van der Waals surface area contributed by atoms with E-state index in [0.717, 1.165) is 28.8 Å². The van der Waals surface area contributed by atoms with Gasteiger partial charge in [0.05, 0.1) is 18.8 Å². The van der Waals surface area contributed by atoms with Crippen molar-refractivity contribution < 1.29 is 18.0 Å². The van der Waals surface area contributed by atoms with Crippen LogP contribution in [0.2, 0.25) is 0 Å². The lowest BCUT2D eigenvalue weighted by Gasteiger charge is -2.12. The van der Waals surface area contributed by atoms with Crippen LogP contribution in [-0.2, 0) is 11.3 Å². The number of nitrogens with zero attached hydrogens (tertiary/aromatic N) is 1. The highest BCUT2D eigenvalue weighted by molar-refractivity contribution is 5.95. The van der Waals surface area contributed by atoms with Crippen LogP contribution in [0.25, 0.3) is 0 Å². The molecule has 0 spiro atoms. The number of benzene rings is 2. The van der Waals surface area contributed by atoms with Crippen LogP contribution in [0.5, 0.6) is 0 Å². The fourth-order valence-electron chi connectivity index (χ4n) is 2.51. The van der Waals surface area contributed by atoms with Gasteiger partial charge in [0.25, 0.3) is 0 Å². The third kappa shape index (κ3) is 5.73. The number of aliphatic imine (C=N–C) groups is 1. The molecule has 28 heavy (non-hydrogen) atoms. The number of aryl methyl sites for hydroxylation is 2. The van der Waals surface area contributed by atoms with E-state index in [1.807, 2.05) is 32.9 Å². The fraction of sp³-hybridized carbons (Fsp3) is 0.300. The van der Waals surface area contributed by atoms with Crippen molar-refractivity contribution in [2.24, 2.45) is 4.99 Å². The predicted molar refractivity (Wildman–Crippen MR) is 104 cm³/mol. The Hall–Kier alpha value is -3.03. The molecule has 0 aliphatic carbocycles. The molecule has 3 N–H and O–H groups in total. The fourth-order valence-corrected chi connectivity index (χ4v) is 2.51. The molecule has 0 aromatic heterocycles. The van der Waals surface area contributed by atoms with Gasteiger partial charge in [-0.2, -0.15) is 0 Å². The zero-order valence-corrected chi connectivity index (χ0v) is 16.0. The lowest BCUT2D eigenvalue weighted by molar-refractivity contribution is -0.115. The van der Waals surface area contributed by atoms with E-state index in [0.29, 0.717) is 19.0 Å². The summed E-state index contributed by atoms with van der Waals surface area (Å²) in [7, 11) is 0. The molecule has 0 aliphatic rings. The zero-order chi connectivity index (χ0) is 20.7. The Morgan fingerprint density at radius 2 is 1.79 bits per heavy atom. The molecule has 0 aliphatic heterocycles. The van der Waals surface area contributed by atoms with Gasteiger partial charge in [-0.05, 0) is 44.0 Å². The number of hydrogen-bond donors (Lipinski definition) is 3. The van der Waals surface area contributed by atoms with Gasteiger partial charge in [0.15, 0.2) is 23.4 Å². The van der Waals surface area contributed by atoms with Gasteiger partial charge in [-0.3, -0.25) is 4.79 Å². The quantitative estimate of drug-likeness (QED) is 0.401. The van der Waals surface area contributed by atoms with Crippen LogP contribution in [0, 0.1) is 31.3 Å². The first-order valence-electron chi connectivity index (χ1n) is 8.83. The molecule has 0 bridgehead atoms. The summed E-state index contributed by atoms with van der Waals surface area (Å²) in [6, 6.07) is 7.77. The molecule has 2 aromatic rings. The van der Waals surface area contributed by atoms with Crippen LogP contribution in [0.3, 0.4) is 0 Å². The van der Waals surface area contributed by atoms with Crippen molar-refractivity contribution in [3.05, 3.63) is 64.5 Å². The molecular formula is C20H23F3N4O. The van der Waals surface area contributed by atoms with E-state index in [1.54, 1.807) is 0 Å². The molecule has 0 saturated heterocycles. The number of amides is 1. The van der Waals surface area contributed by atoms with Gasteiger partial charge < -0.3 is 16.0 Å². The van der Waals surface area contributed by atoms with E-state index in [2.05, 4.69) is 27.0 Å². The van der Waals surface area contributed by atoms with Gasteiger partial charge >= 0.3 is 0 Å². The highest BCUT2D eigenvalue weighted by Gasteiger charge is 2.15. The van der Waals surface area contributed by atoms with E-state index in [-0.39, 0.29) is 6.54 Å². The summed E-state index contributed by atoms with van der Waals surface area (Å²) in [6.45, 7) is 6.67. The Morgan fingerprint density at radius 3 is 2.46 bits per heavy atom. The standard InChI is InChI=1S/C20H23F3N4O/c1-4-24-20(25-10-14-6-5-12(2)9-13(14)3)26-11-17(28)27-16-8-7-15(21)18(22)19(16)23/h5-9H,4,10-11H2,1-3H3,(H,27,28)(H2,24,25,26). The molecule has 2 aromatic carbocycles. The number of nitrogens with one attached hydrogen (secondary N) is 3. The van der Waals surface area contributed by atoms with E-state index < -0.39 is 29.0 Å². The number of carbonyl (C=O) groups is 1. The first-order valence-corrected chi connectivity index (χ1v) is 8.83. The second kappa shape index (κ2) is 9.77. The van der Waals surface area contributed by atoms with Crippen molar-refractivity contribution in [2.75, 3.05) is 18.4 Å². The minimum Gasteiger partial charge on any atom is -0.357 e. The van der Waals surface area contributed by atoms with Crippen molar-refractivity contribution in [2.45, 2.75) is 27.3 Å². The van der Waals surface area contributed by atoms with Crippen LogP contribution in [0.1, 0.15) is 23.6 Å². The van der Waals surface area contributed by atoms with Crippen molar-refractivity contribution in [1.82, 2.24) is 10.6 Å². The highest BCUT2D eigenvalue weighted by Crippen LogP contribution is 2.19. The van der Waals surface area contributed by atoms with E-state index in [4.69, 9.17) is 0 Å². The highest BCUT2D eigenvalue weighted by atomic mass is 19.2. The summed E-state index contributed by atoms with van der Waals surface area (Å²) in [6.07, 6.45) is 0. The molecule has 0 atom stereocenters. The summed E-state index contributed by atoms with van der Waals surface area (Å²) in [5.74, 6) is -4.61. The number of carbonyl (C=O) groups excluding carboxylic acids is 1. The van der Waals surface area contributed by atoms with E-state index >= 15 is 0 Å². The first kappa shape index (κ1) is 21.3. The molecular weight excluding hydrogens is 369 g/mol. The van der Waals surface area contributed by atoms with Crippen molar-refractivity contribution >= 4 is 17.6 Å².